The molecular weight excluding hydrogens is 278 g/mol. The van der Waals surface area contributed by atoms with Gasteiger partial charge in [-0.05, 0) is 31.3 Å². The summed E-state index contributed by atoms with van der Waals surface area (Å²) in [6.45, 7) is 7.73. The van der Waals surface area contributed by atoms with Crippen molar-refractivity contribution in [2.45, 2.75) is 19.6 Å². The Morgan fingerprint density at radius 3 is 2.79 bits per heavy atom. The summed E-state index contributed by atoms with van der Waals surface area (Å²) in [5.74, 6) is 1.25. The normalized spacial score (nSPS) is 11.5. The largest absolute Gasteiger partial charge is 0.478 e. The van der Waals surface area contributed by atoms with Gasteiger partial charge >= 0.3 is 5.97 Å². The van der Waals surface area contributed by atoms with Gasteiger partial charge in [0.25, 0.3) is 0 Å². The molecule has 1 rings (SSSR count). The van der Waals surface area contributed by atoms with Crippen molar-refractivity contribution in [1.82, 2.24) is 4.90 Å². The maximum absolute atomic E-state index is 10.4. The molecule has 0 radical (unpaired) electrons. The average molecular weight is 299 g/mol. The van der Waals surface area contributed by atoms with Gasteiger partial charge < -0.3 is 10.0 Å². The first-order valence-electron chi connectivity index (χ1n) is 6.45. The minimum atomic E-state index is -0.899. The van der Waals surface area contributed by atoms with E-state index >= 15 is 0 Å². The van der Waals surface area contributed by atoms with Crippen molar-refractivity contribution in [2.75, 3.05) is 25.4 Å². The fourth-order valence-corrected chi connectivity index (χ4v) is 3.65. The van der Waals surface area contributed by atoms with Crippen molar-refractivity contribution in [1.29, 1.82) is 0 Å². The van der Waals surface area contributed by atoms with Gasteiger partial charge in [-0.1, -0.05) is 13.8 Å². The van der Waals surface area contributed by atoms with Crippen molar-refractivity contribution in [3.63, 3.8) is 0 Å². The number of thiophene rings is 1. The molecule has 1 heterocycles. The molecule has 1 N–H and O–H groups in total. The van der Waals surface area contributed by atoms with E-state index in [-0.39, 0.29) is 0 Å². The second-order valence-electron chi connectivity index (χ2n) is 4.06. The van der Waals surface area contributed by atoms with E-state index in [4.69, 9.17) is 5.11 Å². The standard InChI is InChI=1S/C14H21NO2S2/c1-3-15(4-2)9-10-18-11-13-6-5-12(19-13)7-8-14(16)17/h5-8H,3-4,9-11H2,1-2H3,(H,16,17). The summed E-state index contributed by atoms with van der Waals surface area (Å²) in [4.78, 5) is 15.1. The molecule has 0 aliphatic carbocycles. The van der Waals surface area contributed by atoms with Crippen LogP contribution in [0.5, 0.6) is 0 Å². The molecule has 5 heteroatoms. The van der Waals surface area contributed by atoms with Gasteiger partial charge in [-0.2, -0.15) is 11.8 Å². The molecule has 0 amide bonds. The lowest BCUT2D eigenvalue weighted by Gasteiger charge is -2.17. The van der Waals surface area contributed by atoms with E-state index in [1.54, 1.807) is 17.4 Å². The van der Waals surface area contributed by atoms with Crippen LogP contribution in [0.3, 0.4) is 0 Å². The van der Waals surface area contributed by atoms with Gasteiger partial charge in [0, 0.05) is 33.9 Å². The van der Waals surface area contributed by atoms with Crippen LogP contribution in [0.1, 0.15) is 23.6 Å². The van der Waals surface area contributed by atoms with Gasteiger partial charge in [-0.25, -0.2) is 4.79 Å². The number of thioether (sulfide) groups is 1. The quantitative estimate of drug-likeness (QED) is 0.560. The predicted octanol–water partition coefficient (Wildman–Crippen LogP) is 3.42. The second-order valence-corrected chi connectivity index (χ2v) is 6.36. The van der Waals surface area contributed by atoms with E-state index in [1.165, 1.54) is 11.0 Å². The van der Waals surface area contributed by atoms with Crippen molar-refractivity contribution in [2.24, 2.45) is 0 Å². The van der Waals surface area contributed by atoms with Crippen molar-refractivity contribution in [3.8, 4) is 0 Å². The number of rotatable bonds is 9. The molecule has 3 nitrogen and oxygen atoms in total. The third-order valence-electron chi connectivity index (χ3n) is 2.76. The van der Waals surface area contributed by atoms with Crippen LogP contribution in [-0.2, 0) is 10.5 Å². The first-order chi connectivity index (χ1) is 9.15. The topological polar surface area (TPSA) is 40.5 Å². The molecule has 0 atom stereocenters. The number of hydrogen-bond acceptors (Lipinski definition) is 4. The van der Waals surface area contributed by atoms with Gasteiger partial charge in [0.05, 0.1) is 0 Å². The molecule has 0 aliphatic rings. The zero-order chi connectivity index (χ0) is 14.1. The highest BCUT2D eigenvalue weighted by Gasteiger charge is 2.01. The number of aliphatic carboxylic acids is 1. The highest BCUT2D eigenvalue weighted by Crippen LogP contribution is 2.22. The van der Waals surface area contributed by atoms with Crippen LogP contribution in [0.4, 0.5) is 0 Å². The van der Waals surface area contributed by atoms with Crippen LogP contribution in [0.15, 0.2) is 18.2 Å². The molecule has 0 spiro atoms. The number of carbonyl (C=O) groups is 1. The smallest absolute Gasteiger partial charge is 0.328 e. The summed E-state index contributed by atoms with van der Waals surface area (Å²) in [5.41, 5.74) is 0. The van der Waals surface area contributed by atoms with Gasteiger partial charge in [0.2, 0.25) is 0 Å². The number of hydrogen-bond donors (Lipinski definition) is 1. The Bertz CT molecular complexity index is 411. The third kappa shape index (κ3) is 6.80. The van der Waals surface area contributed by atoms with Gasteiger partial charge in [-0.3, -0.25) is 0 Å². The Balaban J connectivity index is 2.28. The molecule has 0 aromatic carbocycles. The zero-order valence-electron chi connectivity index (χ0n) is 11.5. The second kappa shape index (κ2) is 9.18. The van der Waals surface area contributed by atoms with Crippen LogP contribution in [0.25, 0.3) is 6.08 Å². The number of nitrogens with zero attached hydrogens (tertiary/aromatic N) is 1. The highest BCUT2D eigenvalue weighted by atomic mass is 32.2. The Hall–Kier alpha value is -0.780. The summed E-state index contributed by atoms with van der Waals surface area (Å²) in [6, 6.07) is 4.06. The van der Waals surface area contributed by atoms with E-state index in [1.807, 2.05) is 17.8 Å². The summed E-state index contributed by atoms with van der Waals surface area (Å²) in [6.07, 6.45) is 2.83. The summed E-state index contributed by atoms with van der Waals surface area (Å²) >= 11 is 3.59. The summed E-state index contributed by atoms with van der Waals surface area (Å²) in [5, 5.41) is 8.56. The molecule has 0 saturated heterocycles. The Kier molecular flexibility index (Phi) is 7.86. The molecular formula is C14H21NO2S2. The number of carboxylic acids is 1. The van der Waals surface area contributed by atoms with E-state index in [9.17, 15) is 4.79 Å². The number of carboxylic acid groups (broad SMARTS) is 1. The maximum atomic E-state index is 10.4. The molecule has 0 aliphatic heterocycles. The minimum Gasteiger partial charge on any atom is -0.478 e. The first kappa shape index (κ1) is 16.3. The van der Waals surface area contributed by atoms with Crippen LogP contribution in [-0.4, -0.2) is 41.4 Å². The molecule has 106 valence electrons. The van der Waals surface area contributed by atoms with Crippen LogP contribution in [0.2, 0.25) is 0 Å². The molecule has 0 unspecified atom stereocenters. The highest BCUT2D eigenvalue weighted by molar-refractivity contribution is 7.98. The average Bonchev–Trinajstić information content (AvgIpc) is 2.84. The minimum absolute atomic E-state index is 0.899. The fraction of sp³-hybridized carbons (Fsp3) is 0.500. The van der Waals surface area contributed by atoms with Gasteiger partial charge in [-0.15, -0.1) is 11.3 Å². The van der Waals surface area contributed by atoms with Gasteiger partial charge in [0.15, 0.2) is 0 Å². The fourth-order valence-electron chi connectivity index (χ4n) is 1.62. The van der Waals surface area contributed by atoms with Crippen molar-refractivity contribution >= 4 is 35.1 Å². The van der Waals surface area contributed by atoms with Crippen LogP contribution in [0, 0.1) is 0 Å². The zero-order valence-corrected chi connectivity index (χ0v) is 13.1. The van der Waals surface area contributed by atoms with E-state index < -0.39 is 5.97 Å². The maximum Gasteiger partial charge on any atom is 0.328 e. The Morgan fingerprint density at radius 2 is 2.16 bits per heavy atom. The molecule has 0 bridgehead atoms. The lowest BCUT2D eigenvalue weighted by molar-refractivity contribution is -0.131. The van der Waals surface area contributed by atoms with Gasteiger partial charge in [0.1, 0.15) is 0 Å². The van der Waals surface area contributed by atoms with E-state index in [0.717, 1.165) is 36.0 Å². The molecule has 1 aromatic heterocycles. The molecule has 0 fully saturated rings. The molecule has 0 saturated carbocycles. The SMILES string of the molecule is CCN(CC)CCSCc1ccc(C=CC(=O)O)s1. The lowest BCUT2D eigenvalue weighted by Crippen LogP contribution is -2.25. The van der Waals surface area contributed by atoms with Crippen molar-refractivity contribution in [3.05, 3.63) is 28.0 Å². The third-order valence-corrected chi connectivity index (χ3v) is 4.98. The van der Waals surface area contributed by atoms with Crippen molar-refractivity contribution < 1.29 is 9.90 Å². The predicted molar refractivity (Wildman–Crippen MR) is 84.9 cm³/mol. The Labute approximate surface area is 123 Å². The summed E-state index contributed by atoms with van der Waals surface area (Å²) in [7, 11) is 0. The molecule has 19 heavy (non-hydrogen) atoms. The molecule has 1 aromatic rings. The van der Waals surface area contributed by atoms with Crippen LogP contribution < -0.4 is 0 Å². The Morgan fingerprint density at radius 1 is 1.42 bits per heavy atom. The van der Waals surface area contributed by atoms with Crippen LogP contribution >= 0.6 is 23.1 Å². The lowest BCUT2D eigenvalue weighted by atomic mass is 10.4. The first-order valence-corrected chi connectivity index (χ1v) is 8.42. The summed E-state index contributed by atoms with van der Waals surface area (Å²) < 4.78 is 0. The van der Waals surface area contributed by atoms with E-state index in [0.29, 0.717) is 0 Å². The monoisotopic (exact) mass is 299 g/mol. The van der Waals surface area contributed by atoms with E-state index in [2.05, 4.69) is 24.8 Å².